The minimum Gasteiger partial charge on any atom is -0.286 e. The van der Waals surface area contributed by atoms with Gasteiger partial charge in [0.2, 0.25) is 5.91 Å². The Hall–Kier alpha value is -2.89. The van der Waals surface area contributed by atoms with Crippen molar-refractivity contribution in [3.05, 3.63) is 69.8 Å². The fourth-order valence-corrected chi connectivity index (χ4v) is 2.16. The average Bonchev–Trinajstić information content (AvgIpc) is 2.54. The second-order valence-electron chi connectivity index (χ2n) is 5.22. The molecule has 6 nitrogen and oxygen atoms in total. The molecule has 2 aromatic rings. The molecule has 0 spiro atoms. The molecule has 1 amide bonds. The molecule has 2 aromatic carbocycles. The van der Waals surface area contributed by atoms with E-state index in [1.165, 1.54) is 12.1 Å². The molecule has 0 heterocycles. The van der Waals surface area contributed by atoms with Crippen LogP contribution >= 0.6 is 0 Å². The van der Waals surface area contributed by atoms with Crippen LogP contribution in [0.4, 0.5) is 11.4 Å². The standard InChI is InChI=1S/C17H19N3O3/c1-3-19(15-8-4-13(2)5-9-15)18-17(21)12-14-6-10-16(11-7-14)20(22)23/h4-11H,3,12H2,1-2H3,(H,18,21). The molecule has 23 heavy (non-hydrogen) atoms. The number of nitrogens with zero attached hydrogens (tertiary/aromatic N) is 2. The SMILES string of the molecule is CCN(NC(=O)Cc1ccc([N+](=O)[O-])cc1)c1ccc(C)cc1. The average molecular weight is 313 g/mol. The van der Waals surface area contributed by atoms with Crippen molar-refractivity contribution < 1.29 is 9.72 Å². The number of carbonyl (C=O) groups excluding carboxylic acids is 1. The number of anilines is 1. The molecule has 1 N–H and O–H groups in total. The molecule has 0 aliphatic rings. The van der Waals surface area contributed by atoms with E-state index in [1.54, 1.807) is 17.1 Å². The summed E-state index contributed by atoms with van der Waals surface area (Å²) in [5.41, 5.74) is 5.66. The minimum atomic E-state index is -0.458. The number of nitro benzene ring substituents is 1. The largest absolute Gasteiger partial charge is 0.286 e. The lowest BCUT2D eigenvalue weighted by atomic mass is 10.1. The summed E-state index contributed by atoms with van der Waals surface area (Å²) in [7, 11) is 0. The number of amides is 1. The summed E-state index contributed by atoms with van der Waals surface area (Å²) in [5, 5.41) is 12.4. The van der Waals surface area contributed by atoms with Gasteiger partial charge in [-0.2, -0.15) is 0 Å². The van der Waals surface area contributed by atoms with E-state index < -0.39 is 4.92 Å². The lowest BCUT2D eigenvalue weighted by Gasteiger charge is -2.24. The van der Waals surface area contributed by atoms with Crippen LogP contribution in [-0.4, -0.2) is 17.4 Å². The number of carbonyl (C=O) groups is 1. The van der Waals surface area contributed by atoms with Crippen LogP contribution in [0.3, 0.4) is 0 Å². The van der Waals surface area contributed by atoms with E-state index in [9.17, 15) is 14.9 Å². The molecular formula is C17H19N3O3. The molecule has 0 aliphatic heterocycles. The number of hydrogen-bond acceptors (Lipinski definition) is 4. The normalized spacial score (nSPS) is 10.2. The van der Waals surface area contributed by atoms with Gasteiger partial charge >= 0.3 is 0 Å². The maximum absolute atomic E-state index is 12.2. The fraction of sp³-hybridized carbons (Fsp3) is 0.235. The van der Waals surface area contributed by atoms with Gasteiger partial charge in [0.25, 0.3) is 5.69 Å². The van der Waals surface area contributed by atoms with Crippen LogP contribution in [-0.2, 0) is 11.2 Å². The highest BCUT2D eigenvalue weighted by molar-refractivity contribution is 5.80. The zero-order chi connectivity index (χ0) is 16.8. The third-order valence-corrected chi connectivity index (χ3v) is 3.43. The summed E-state index contributed by atoms with van der Waals surface area (Å²) in [6.07, 6.45) is 0.167. The van der Waals surface area contributed by atoms with Crippen molar-refractivity contribution >= 4 is 17.3 Å². The van der Waals surface area contributed by atoms with E-state index in [2.05, 4.69) is 5.43 Å². The number of hydrogen-bond donors (Lipinski definition) is 1. The molecule has 6 heteroatoms. The highest BCUT2D eigenvalue weighted by Crippen LogP contribution is 2.14. The van der Waals surface area contributed by atoms with Gasteiger partial charge in [-0.25, -0.2) is 0 Å². The first-order valence-electron chi connectivity index (χ1n) is 7.36. The maximum Gasteiger partial charge on any atom is 0.269 e. The van der Waals surface area contributed by atoms with Crippen LogP contribution in [0, 0.1) is 17.0 Å². The Morgan fingerprint density at radius 3 is 2.26 bits per heavy atom. The van der Waals surface area contributed by atoms with Gasteiger partial charge in [0.1, 0.15) is 0 Å². The molecular weight excluding hydrogens is 294 g/mol. The second kappa shape index (κ2) is 7.40. The summed E-state index contributed by atoms with van der Waals surface area (Å²) < 4.78 is 0. The third kappa shape index (κ3) is 4.54. The van der Waals surface area contributed by atoms with Crippen molar-refractivity contribution in [3.63, 3.8) is 0 Å². The Bertz CT molecular complexity index is 681. The molecule has 0 saturated carbocycles. The smallest absolute Gasteiger partial charge is 0.269 e. The molecule has 0 unspecified atom stereocenters. The minimum absolute atomic E-state index is 0.0176. The highest BCUT2D eigenvalue weighted by atomic mass is 16.6. The molecule has 0 saturated heterocycles. The van der Waals surface area contributed by atoms with Crippen molar-refractivity contribution in [1.29, 1.82) is 0 Å². The van der Waals surface area contributed by atoms with E-state index in [-0.39, 0.29) is 18.0 Å². The van der Waals surface area contributed by atoms with Crippen molar-refractivity contribution in [3.8, 4) is 0 Å². The van der Waals surface area contributed by atoms with Crippen LogP contribution < -0.4 is 10.4 Å². The summed E-state index contributed by atoms with van der Waals surface area (Å²) in [6, 6.07) is 13.9. The molecule has 0 bridgehead atoms. The van der Waals surface area contributed by atoms with Gasteiger partial charge in [-0.05, 0) is 31.5 Å². The van der Waals surface area contributed by atoms with E-state index in [4.69, 9.17) is 0 Å². The van der Waals surface area contributed by atoms with Crippen LogP contribution in [0.5, 0.6) is 0 Å². The van der Waals surface area contributed by atoms with Crippen LogP contribution in [0.15, 0.2) is 48.5 Å². The second-order valence-corrected chi connectivity index (χ2v) is 5.22. The van der Waals surface area contributed by atoms with Crippen molar-refractivity contribution in [2.75, 3.05) is 11.6 Å². The van der Waals surface area contributed by atoms with E-state index in [0.29, 0.717) is 6.54 Å². The summed E-state index contributed by atoms with van der Waals surface area (Å²) >= 11 is 0. The molecule has 0 aromatic heterocycles. The monoisotopic (exact) mass is 313 g/mol. The quantitative estimate of drug-likeness (QED) is 0.657. The third-order valence-electron chi connectivity index (χ3n) is 3.43. The number of rotatable bonds is 6. The van der Waals surface area contributed by atoms with Crippen molar-refractivity contribution in [1.82, 2.24) is 5.43 Å². The summed E-state index contributed by atoms with van der Waals surface area (Å²) in [4.78, 5) is 22.3. The highest BCUT2D eigenvalue weighted by Gasteiger charge is 2.11. The van der Waals surface area contributed by atoms with Crippen LogP contribution in [0.25, 0.3) is 0 Å². The topological polar surface area (TPSA) is 75.5 Å². The Morgan fingerprint density at radius 2 is 1.74 bits per heavy atom. The molecule has 120 valence electrons. The number of nitrogens with one attached hydrogen (secondary N) is 1. The number of benzene rings is 2. The van der Waals surface area contributed by atoms with Crippen molar-refractivity contribution in [2.24, 2.45) is 0 Å². The number of nitro groups is 1. The molecule has 0 radical (unpaired) electrons. The molecule has 0 aliphatic carbocycles. The lowest BCUT2D eigenvalue weighted by Crippen LogP contribution is -2.43. The van der Waals surface area contributed by atoms with Gasteiger partial charge in [0, 0.05) is 18.7 Å². The van der Waals surface area contributed by atoms with Crippen molar-refractivity contribution in [2.45, 2.75) is 20.3 Å². The Kier molecular flexibility index (Phi) is 5.30. The first-order chi connectivity index (χ1) is 11.0. The van der Waals surface area contributed by atoms with Gasteiger partial charge in [-0.3, -0.25) is 25.3 Å². The van der Waals surface area contributed by atoms with Gasteiger partial charge in [0.05, 0.1) is 17.0 Å². The predicted molar refractivity (Wildman–Crippen MR) is 89.1 cm³/mol. The lowest BCUT2D eigenvalue weighted by molar-refractivity contribution is -0.384. The molecule has 2 rings (SSSR count). The van der Waals surface area contributed by atoms with Gasteiger partial charge in [-0.1, -0.05) is 29.8 Å². The Balaban J connectivity index is 1.99. The molecule has 0 fully saturated rings. The molecule has 0 atom stereocenters. The summed E-state index contributed by atoms with van der Waals surface area (Å²) in [5.74, 6) is -0.165. The number of hydrazine groups is 1. The predicted octanol–water partition coefficient (Wildman–Crippen LogP) is 3.00. The van der Waals surface area contributed by atoms with Gasteiger partial charge in [0.15, 0.2) is 0 Å². The summed E-state index contributed by atoms with van der Waals surface area (Å²) in [6.45, 7) is 4.59. The first kappa shape index (κ1) is 16.5. The first-order valence-corrected chi connectivity index (χ1v) is 7.36. The number of non-ortho nitro benzene ring substituents is 1. The zero-order valence-corrected chi connectivity index (χ0v) is 13.2. The van der Waals surface area contributed by atoms with Crippen LogP contribution in [0.2, 0.25) is 0 Å². The van der Waals surface area contributed by atoms with Gasteiger partial charge in [-0.15, -0.1) is 0 Å². The maximum atomic E-state index is 12.2. The van der Waals surface area contributed by atoms with E-state index in [0.717, 1.165) is 16.8 Å². The van der Waals surface area contributed by atoms with E-state index in [1.807, 2.05) is 38.1 Å². The Morgan fingerprint density at radius 1 is 1.13 bits per heavy atom. The van der Waals surface area contributed by atoms with Gasteiger partial charge < -0.3 is 0 Å². The zero-order valence-electron chi connectivity index (χ0n) is 13.2. The fourth-order valence-electron chi connectivity index (χ4n) is 2.16. The van der Waals surface area contributed by atoms with E-state index >= 15 is 0 Å². The number of aryl methyl sites for hydroxylation is 1. The van der Waals surface area contributed by atoms with Crippen LogP contribution in [0.1, 0.15) is 18.1 Å². The Labute approximate surface area is 134 Å².